The number of allylic oxidation sites excluding steroid dienone is 1. The van der Waals surface area contributed by atoms with Gasteiger partial charge in [0.2, 0.25) is 5.91 Å². The van der Waals surface area contributed by atoms with E-state index in [4.69, 9.17) is 9.05 Å². The first-order valence-corrected chi connectivity index (χ1v) is 30.6. The molecule has 0 aromatic rings. The van der Waals surface area contributed by atoms with Gasteiger partial charge in [0, 0.05) is 6.42 Å². The van der Waals surface area contributed by atoms with E-state index in [2.05, 4.69) is 19.2 Å². The van der Waals surface area contributed by atoms with Crippen LogP contribution in [0.5, 0.6) is 0 Å². The number of carbonyl (C=O) groups excluding carboxylic acids is 1. The maximum atomic E-state index is 13.0. The Morgan fingerprint density at radius 2 is 0.803 bits per heavy atom. The average molecular weight is 957 g/mol. The predicted octanol–water partition coefficient (Wildman–Crippen LogP) is 17.4. The number of phosphoric acid groups is 1. The molecule has 0 rings (SSSR count). The van der Waals surface area contributed by atoms with Crippen molar-refractivity contribution in [1.82, 2.24) is 5.32 Å². The smallest absolute Gasteiger partial charge is 0.387 e. The van der Waals surface area contributed by atoms with Gasteiger partial charge in [-0.1, -0.05) is 283 Å². The second-order valence-electron chi connectivity index (χ2n) is 21.4. The molecule has 0 fully saturated rings. The first-order chi connectivity index (χ1) is 32.0. The molecule has 0 saturated carbocycles. The minimum atomic E-state index is -4.34. The van der Waals surface area contributed by atoms with Gasteiger partial charge in [-0.3, -0.25) is 13.8 Å². The van der Waals surface area contributed by atoms with Gasteiger partial charge in [0.05, 0.1) is 39.9 Å². The summed E-state index contributed by atoms with van der Waals surface area (Å²) in [5, 5.41) is 13.9. The zero-order valence-electron chi connectivity index (χ0n) is 45.0. The highest BCUT2D eigenvalue weighted by Crippen LogP contribution is 2.43. The lowest BCUT2D eigenvalue weighted by Gasteiger charge is -2.25. The van der Waals surface area contributed by atoms with Gasteiger partial charge < -0.3 is 19.8 Å². The number of nitrogens with one attached hydrogen (secondary N) is 1. The van der Waals surface area contributed by atoms with Crippen LogP contribution in [0.3, 0.4) is 0 Å². The van der Waals surface area contributed by atoms with Crippen LogP contribution in [0.25, 0.3) is 0 Å². The molecule has 0 spiro atoms. The number of nitrogens with zero attached hydrogens (tertiary/aromatic N) is 1. The minimum Gasteiger partial charge on any atom is -0.387 e. The van der Waals surface area contributed by atoms with Gasteiger partial charge in [-0.05, 0) is 19.3 Å². The van der Waals surface area contributed by atoms with E-state index in [1.165, 1.54) is 244 Å². The molecule has 1 amide bonds. The van der Waals surface area contributed by atoms with Crippen LogP contribution in [0.2, 0.25) is 0 Å². The maximum Gasteiger partial charge on any atom is 0.472 e. The Hall–Kier alpha value is -0.760. The van der Waals surface area contributed by atoms with E-state index in [0.717, 1.165) is 32.1 Å². The van der Waals surface area contributed by atoms with Crippen LogP contribution in [0, 0.1) is 0 Å². The molecular formula is C57H116N2O6P+. The summed E-state index contributed by atoms with van der Waals surface area (Å²) >= 11 is 0. The lowest BCUT2D eigenvalue weighted by molar-refractivity contribution is -0.870. The van der Waals surface area contributed by atoms with E-state index in [1.54, 1.807) is 6.08 Å². The van der Waals surface area contributed by atoms with Gasteiger partial charge >= 0.3 is 7.82 Å². The number of hydrogen-bond donors (Lipinski definition) is 3. The van der Waals surface area contributed by atoms with Crippen molar-refractivity contribution in [3.05, 3.63) is 12.2 Å². The Labute approximate surface area is 412 Å². The quantitative estimate of drug-likeness (QED) is 0.0243. The Morgan fingerprint density at radius 1 is 0.500 bits per heavy atom. The summed E-state index contributed by atoms with van der Waals surface area (Å²) in [6, 6.07) is -0.841. The van der Waals surface area contributed by atoms with Gasteiger partial charge in [0.15, 0.2) is 0 Å². The molecule has 0 aromatic carbocycles. The molecule has 0 aliphatic heterocycles. The number of likely N-dealkylation sites (N-methyl/N-ethyl adjacent to an activating group) is 1. The molecule has 0 aromatic heterocycles. The highest BCUT2D eigenvalue weighted by atomic mass is 31.2. The van der Waals surface area contributed by atoms with E-state index < -0.39 is 20.0 Å². The van der Waals surface area contributed by atoms with E-state index in [9.17, 15) is 19.4 Å². The van der Waals surface area contributed by atoms with Gasteiger partial charge in [-0.15, -0.1) is 0 Å². The van der Waals surface area contributed by atoms with Gasteiger partial charge in [0.1, 0.15) is 13.2 Å². The Morgan fingerprint density at radius 3 is 1.12 bits per heavy atom. The second-order valence-corrected chi connectivity index (χ2v) is 22.8. The van der Waals surface area contributed by atoms with Gasteiger partial charge in [-0.25, -0.2) is 4.57 Å². The van der Waals surface area contributed by atoms with E-state index >= 15 is 0 Å². The number of unbranched alkanes of at least 4 members (excludes halogenated alkanes) is 41. The summed E-state index contributed by atoms with van der Waals surface area (Å²) in [6.07, 6.45) is 60.3. The monoisotopic (exact) mass is 956 g/mol. The van der Waals surface area contributed by atoms with E-state index in [1.807, 2.05) is 27.2 Å². The Bertz CT molecular complexity index is 1080. The number of carbonyl (C=O) groups is 1. The SMILES string of the molecule is CCCCCCCCCCCCCCC/C=C/C(O)C(COP(=O)(O)OCC[N+](C)(C)C)NC(=O)CCCCCCCCCCCCCCCCCCCCCCCCCCCCCCC. The van der Waals surface area contributed by atoms with Crippen LogP contribution in [0.4, 0.5) is 0 Å². The molecular weight excluding hydrogens is 840 g/mol. The van der Waals surface area contributed by atoms with Crippen molar-refractivity contribution in [2.45, 2.75) is 309 Å². The molecule has 0 radical (unpaired) electrons. The topological polar surface area (TPSA) is 105 Å². The number of aliphatic hydroxyl groups excluding tert-OH is 1. The maximum absolute atomic E-state index is 13.0. The van der Waals surface area contributed by atoms with E-state index in [-0.39, 0.29) is 19.1 Å². The standard InChI is InChI=1S/C57H115N2O6P/c1-6-8-10-12-14-16-18-20-22-23-24-25-26-27-28-29-30-31-32-33-34-35-37-39-41-43-45-47-49-51-57(61)58-55(54-65-66(62,63)64-53-52-59(3,4)5)56(60)50-48-46-44-42-40-38-36-21-19-17-15-13-11-9-7-2/h48,50,55-56,60H,6-47,49,51-54H2,1-5H3,(H-,58,61,62,63)/p+1/b50-48+. The van der Waals surface area contributed by atoms with Crippen LogP contribution >= 0.6 is 7.82 Å². The molecule has 0 bridgehead atoms. The summed E-state index contributed by atoms with van der Waals surface area (Å²) in [4.78, 5) is 23.3. The van der Waals surface area contributed by atoms with Crippen molar-refractivity contribution >= 4 is 13.7 Å². The minimum absolute atomic E-state index is 0.0650. The largest absolute Gasteiger partial charge is 0.472 e. The zero-order valence-corrected chi connectivity index (χ0v) is 45.9. The van der Waals surface area contributed by atoms with E-state index in [0.29, 0.717) is 17.4 Å². The van der Waals surface area contributed by atoms with Crippen molar-refractivity contribution in [2.24, 2.45) is 0 Å². The third-order valence-corrected chi connectivity index (χ3v) is 14.5. The first-order valence-electron chi connectivity index (χ1n) is 29.1. The molecule has 9 heteroatoms. The van der Waals surface area contributed by atoms with Crippen LogP contribution in [0.1, 0.15) is 296 Å². The lowest BCUT2D eigenvalue weighted by atomic mass is 10.0. The predicted molar refractivity (Wildman–Crippen MR) is 286 cm³/mol. The number of rotatable bonds is 54. The molecule has 66 heavy (non-hydrogen) atoms. The van der Waals surface area contributed by atoms with Crippen molar-refractivity contribution in [3.63, 3.8) is 0 Å². The van der Waals surface area contributed by atoms with Crippen LogP contribution in [-0.2, 0) is 18.4 Å². The van der Waals surface area contributed by atoms with Crippen molar-refractivity contribution in [3.8, 4) is 0 Å². The molecule has 3 N–H and O–H groups in total. The van der Waals surface area contributed by atoms with Crippen molar-refractivity contribution < 1.29 is 32.9 Å². The Balaban J connectivity index is 4.05. The summed E-state index contributed by atoms with van der Waals surface area (Å²) in [5.74, 6) is -0.170. The highest BCUT2D eigenvalue weighted by molar-refractivity contribution is 7.47. The summed E-state index contributed by atoms with van der Waals surface area (Å²) in [6.45, 7) is 4.86. The lowest BCUT2D eigenvalue weighted by Crippen LogP contribution is -2.45. The summed E-state index contributed by atoms with van der Waals surface area (Å²) in [7, 11) is 1.59. The zero-order chi connectivity index (χ0) is 48.5. The molecule has 0 aliphatic rings. The number of quaternary nitrogens is 1. The normalized spacial score (nSPS) is 14.0. The molecule has 3 atom stereocenters. The van der Waals surface area contributed by atoms with Crippen molar-refractivity contribution in [1.29, 1.82) is 0 Å². The Kier molecular flexibility index (Phi) is 48.7. The molecule has 8 nitrogen and oxygen atoms in total. The fraction of sp³-hybridized carbons (Fsp3) is 0.947. The molecule has 394 valence electrons. The van der Waals surface area contributed by atoms with Crippen LogP contribution in [0.15, 0.2) is 12.2 Å². The molecule has 0 heterocycles. The first kappa shape index (κ1) is 65.2. The number of aliphatic hydroxyl groups is 1. The second kappa shape index (κ2) is 49.2. The fourth-order valence-electron chi connectivity index (χ4n) is 8.93. The third-order valence-electron chi connectivity index (χ3n) is 13.5. The summed E-state index contributed by atoms with van der Waals surface area (Å²) in [5.41, 5.74) is 0. The van der Waals surface area contributed by atoms with Crippen molar-refractivity contribution in [2.75, 3.05) is 40.9 Å². The number of phosphoric ester groups is 1. The highest BCUT2D eigenvalue weighted by Gasteiger charge is 2.27. The van der Waals surface area contributed by atoms with Gasteiger partial charge in [0.25, 0.3) is 0 Å². The fourth-order valence-corrected chi connectivity index (χ4v) is 9.66. The molecule has 3 unspecified atom stereocenters. The molecule has 0 aliphatic carbocycles. The summed E-state index contributed by atoms with van der Waals surface area (Å²) < 4.78 is 23.7. The third kappa shape index (κ3) is 51.1. The van der Waals surface area contributed by atoms with Crippen LogP contribution in [-0.4, -0.2) is 73.4 Å². The number of hydrogen-bond acceptors (Lipinski definition) is 5. The molecule has 0 saturated heterocycles. The van der Waals surface area contributed by atoms with Gasteiger partial charge in [-0.2, -0.15) is 0 Å². The average Bonchev–Trinajstić information content (AvgIpc) is 3.28. The number of amides is 1. The van der Waals surface area contributed by atoms with Crippen LogP contribution < -0.4 is 5.32 Å².